The molecule has 0 radical (unpaired) electrons. The van der Waals surface area contributed by atoms with E-state index in [9.17, 15) is 20.1 Å². The van der Waals surface area contributed by atoms with Crippen molar-refractivity contribution < 1.29 is 9.59 Å². The van der Waals surface area contributed by atoms with Gasteiger partial charge in [0.1, 0.15) is 5.92 Å². The zero-order valence-corrected chi connectivity index (χ0v) is 20.0. The first-order valence-electron chi connectivity index (χ1n) is 11.0. The number of carbonyl (C=O) groups is 2. The zero-order valence-electron chi connectivity index (χ0n) is 20.0. The maximum Gasteiger partial charge on any atom is 0.251 e. The second-order valence-corrected chi connectivity index (χ2v) is 10.1. The highest BCUT2D eigenvalue weighted by Gasteiger charge is 2.36. The standard InChI is InChI=1S/C27H32N4O2/c1-26(2,3)18-27(4,5)31-25(33)23(20(15-28)16-29)21-13-9-10-14-22(21)24(32)30-17-19-11-7-6-8-12-19/h6-14,20,23H,17-18H2,1-5H3,(H,30,32)(H,31,33). The van der Waals surface area contributed by atoms with Crippen molar-refractivity contribution in [3.05, 3.63) is 71.3 Å². The van der Waals surface area contributed by atoms with Gasteiger partial charge in [0.05, 0.1) is 18.1 Å². The normalized spacial score (nSPS) is 12.4. The van der Waals surface area contributed by atoms with Crippen LogP contribution in [0.5, 0.6) is 0 Å². The predicted molar refractivity (Wildman–Crippen MR) is 128 cm³/mol. The van der Waals surface area contributed by atoms with Gasteiger partial charge in [-0.1, -0.05) is 69.3 Å². The molecule has 0 aromatic heterocycles. The van der Waals surface area contributed by atoms with Gasteiger partial charge < -0.3 is 10.6 Å². The monoisotopic (exact) mass is 444 g/mol. The maximum atomic E-state index is 13.4. The smallest absolute Gasteiger partial charge is 0.251 e. The van der Waals surface area contributed by atoms with Crippen LogP contribution in [-0.4, -0.2) is 17.4 Å². The molecule has 0 saturated carbocycles. The molecule has 6 nitrogen and oxygen atoms in total. The lowest BCUT2D eigenvalue weighted by molar-refractivity contribution is -0.124. The molecule has 0 fully saturated rings. The topological polar surface area (TPSA) is 106 Å². The minimum atomic E-state index is -1.24. The van der Waals surface area contributed by atoms with Crippen LogP contribution >= 0.6 is 0 Å². The molecule has 0 aliphatic carbocycles. The van der Waals surface area contributed by atoms with Crippen LogP contribution in [0.25, 0.3) is 0 Å². The van der Waals surface area contributed by atoms with Crippen molar-refractivity contribution in [1.82, 2.24) is 10.6 Å². The van der Waals surface area contributed by atoms with Crippen LogP contribution in [0.15, 0.2) is 54.6 Å². The number of benzene rings is 2. The minimum Gasteiger partial charge on any atom is -0.351 e. The first-order chi connectivity index (χ1) is 15.5. The van der Waals surface area contributed by atoms with Crippen LogP contribution in [0.4, 0.5) is 0 Å². The molecule has 2 rings (SSSR count). The highest BCUT2D eigenvalue weighted by Crippen LogP contribution is 2.31. The molecule has 0 bridgehead atoms. The van der Waals surface area contributed by atoms with Crippen molar-refractivity contribution in [1.29, 1.82) is 10.5 Å². The number of nitrogens with one attached hydrogen (secondary N) is 2. The van der Waals surface area contributed by atoms with Crippen molar-refractivity contribution in [2.45, 2.75) is 59.0 Å². The maximum absolute atomic E-state index is 13.4. The lowest BCUT2D eigenvalue weighted by Gasteiger charge is -2.35. The van der Waals surface area contributed by atoms with Gasteiger partial charge in [0.25, 0.3) is 5.91 Å². The molecule has 0 aliphatic rings. The van der Waals surface area contributed by atoms with E-state index in [1.165, 1.54) is 0 Å². The fraction of sp³-hybridized carbons (Fsp3) is 0.407. The van der Waals surface area contributed by atoms with E-state index in [0.717, 1.165) is 5.56 Å². The first kappa shape index (κ1) is 25.6. The summed E-state index contributed by atoms with van der Waals surface area (Å²) in [7, 11) is 0. The zero-order chi connectivity index (χ0) is 24.6. The summed E-state index contributed by atoms with van der Waals surface area (Å²) in [4.78, 5) is 26.4. The second kappa shape index (κ2) is 10.8. The molecule has 0 spiro atoms. The van der Waals surface area contributed by atoms with Gasteiger partial charge in [-0.15, -0.1) is 0 Å². The molecule has 2 aromatic rings. The third-order valence-electron chi connectivity index (χ3n) is 5.16. The lowest BCUT2D eigenvalue weighted by Crippen LogP contribution is -2.48. The number of hydrogen-bond acceptors (Lipinski definition) is 4. The molecule has 2 N–H and O–H groups in total. The van der Waals surface area contributed by atoms with Crippen molar-refractivity contribution >= 4 is 11.8 Å². The fourth-order valence-electron chi connectivity index (χ4n) is 4.28. The van der Waals surface area contributed by atoms with Crippen molar-refractivity contribution in [3.8, 4) is 12.1 Å². The Kier molecular flexibility index (Phi) is 8.38. The van der Waals surface area contributed by atoms with Crippen LogP contribution in [0, 0.1) is 34.0 Å². The highest BCUT2D eigenvalue weighted by atomic mass is 16.2. The number of amides is 2. The van der Waals surface area contributed by atoms with E-state index in [-0.39, 0.29) is 16.9 Å². The fourth-order valence-corrected chi connectivity index (χ4v) is 4.28. The number of hydrogen-bond donors (Lipinski definition) is 2. The van der Waals surface area contributed by atoms with Gasteiger partial charge in [0.2, 0.25) is 5.91 Å². The molecule has 1 unspecified atom stereocenters. The summed E-state index contributed by atoms with van der Waals surface area (Å²) in [5, 5.41) is 25.1. The minimum absolute atomic E-state index is 0.0363. The van der Waals surface area contributed by atoms with Crippen molar-refractivity contribution in [3.63, 3.8) is 0 Å². The molecular formula is C27H32N4O2. The van der Waals surface area contributed by atoms with Gasteiger partial charge in [0.15, 0.2) is 0 Å². The third kappa shape index (κ3) is 7.47. The van der Waals surface area contributed by atoms with E-state index in [0.29, 0.717) is 18.5 Å². The summed E-state index contributed by atoms with van der Waals surface area (Å²) in [5.74, 6) is -3.15. The van der Waals surface area contributed by atoms with Gasteiger partial charge in [-0.25, -0.2) is 0 Å². The molecule has 0 aliphatic heterocycles. The second-order valence-electron chi connectivity index (χ2n) is 10.1. The predicted octanol–water partition coefficient (Wildman–Crippen LogP) is 4.69. The Balaban J connectivity index is 2.37. The molecule has 0 heterocycles. The SMILES string of the molecule is CC(C)(C)CC(C)(C)NC(=O)C(c1ccccc1C(=O)NCc1ccccc1)C(C#N)C#N. The Morgan fingerprint density at radius 2 is 1.48 bits per heavy atom. The molecule has 33 heavy (non-hydrogen) atoms. The van der Waals surface area contributed by atoms with Gasteiger partial charge in [-0.3, -0.25) is 9.59 Å². The summed E-state index contributed by atoms with van der Waals surface area (Å²) in [5.41, 5.74) is 0.977. The highest BCUT2D eigenvalue weighted by molar-refractivity contribution is 5.98. The van der Waals surface area contributed by atoms with E-state index in [4.69, 9.17) is 0 Å². The number of nitrogens with zero attached hydrogens (tertiary/aromatic N) is 2. The van der Waals surface area contributed by atoms with E-state index >= 15 is 0 Å². The van der Waals surface area contributed by atoms with Gasteiger partial charge >= 0.3 is 0 Å². The Labute approximate surface area is 196 Å². The lowest BCUT2D eigenvalue weighted by atomic mass is 9.80. The Morgan fingerprint density at radius 3 is 2.06 bits per heavy atom. The molecule has 6 heteroatoms. The van der Waals surface area contributed by atoms with Gasteiger partial charge in [-0.05, 0) is 42.9 Å². The molecule has 2 aromatic carbocycles. The number of nitriles is 2. The van der Waals surface area contributed by atoms with Gasteiger partial charge in [0, 0.05) is 17.6 Å². The molecule has 0 saturated heterocycles. The van der Waals surface area contributed by atoms with Crippen molar-refractivity contribution in [2.24, 2.45) is 11.3 Å². The van der Waals surface area contributed by atoms with Crippen LogP contribution in [0.2, 0.25) is 0 Å². The third-order valence-corrected chi connectivity index (χ3v) is 5.16. The Hall–Kier alpha value is -3.64. The average molecular weight is 445 g/mol. The summed E-state index contributed by atoms with van der Waals surface area (Å²) in [6, 6.07) is 20.0. The van der Waals surface area contributed by atoms with E-state index in [2.05, 4.69) is 31.4 Å². The molecule has 1 atom stereocenters. The molecule has 2 amide bonds. The quantitative estimate of drug-likeness (QED) is 0.616. The Bertz CT molecular complexity index is 1040. The van der Waals surface area contributed by atoms with E-state index in [1.807, 2.05) is 56.3 Å². The van der Waals surface area contributed by atoms with Crippen LogP contribution in [0.3, 0.4) is 0 Å². The first-order valence-corrected chi connectivity index (χ1v) is 11.0. The largest absolute Gasteiger partial charge is 0.351 e. The Morgan fingerprint density at radius 1 is 0.909 bits per heavy atom. The van der Waals surface area contributed by atoms with E-state index < -0.39 is 23.3 Å². The molecule has 172 valence electrons. The van der Waals surface area contributed by atoms with E-state index in [1.54, 1.807) is 24.3 Å². The summed E-state index contributed by atoms with van der Waals surface area (Å²) < 4.78 is 0. The van der Waals surface area contributed by atoms with Crippen molar-refractivity contribution in [2.75, 3.05) is 0 Å². The van der Waals surface area contributed by atoms with Crippen LogP contribution < -0.4 is 10.6 Å². The average Bonchev–Trinajstić information content (AvgIpc) is 2.74. The van der Waals surface area contributed by atoms with Gasteiger partial charge in [-0.2, -0.15) is 10.5 Å². The summed E-state index contributed by atoms with van der Waals surface area (Å²) in [6.45, 7) is 10.4. The summed E-state index contributed by atoms with van der Waals surface area (Å²) in [6.07, 6.45) is 0.696. The molecular weight excluding hydrogens is 412 g/mol. The number of rotatable bonds is 8. The van der Waals surface area contributed by atoms with Crippen LogP contribution in [0.1, 0.15) is 68.4 Å². The number of carbonyl (C=O) groups excluding carboxylic acids is 2. The summed E-state index contributed by atoms with van der Waals surface area (Å²) >= 11 is 0. The van der Waals surface area contributed by atoms with Crippen LogP contribution in [-0.2, 0) is 11.3 Å².